The topological polar surface area (TPSA) is 80.7 Å². The number of carbonyl (C=O) groups excluding carboxylic acids is 2. The van der Waals surface area contributed by atoms with Crippen molar-refractivity contribution in [2.45, 2.75) is 51.9 Å². The molecule has 0 spiro atoms. The van der Waals surface area contributed by atoms with E-state index >= 15 is 0 Å². The molecule has 2 aliphatic carbocycles. The maximum absolute atomic E-state index is 11.1. The molecular formula is C14H22O5. The number of ether oxygens (including phenoxy) is 1. The second kappa shape index (κ2) is 7.92. The number of Topliss-reactive ketones (excluding diaryl/α,β-unsaturated/α-hetero) is 1. The van der Waals surface area contributed by atoms with Crippen LogP contribution in [0.2, 0.25) is 0 Å². The van der Waals surface area contributed by atoms with Gasteiger partial charge in [-0.2, -0.15) is 0 Å². The monoisotopic (exact) mass is 270 g/mol. The minimum atomic E-state index is -0.650. The van der Waals surface area contributed by atoms with Crippen molar-refractivity contribution in [2.75, 3.05) is 6.61 Å². The van der Waals surface area contributed by atoms with E-state index in [0.717, 1.165) is 25.7 Å². The van der Waals surface area contributed by atoms with E-state index in [-0.39, 0.29) is 18.2 Å². The molecule has 2 rings (SSSR count). The lowest BCUT2D eigenvalue weighted by Gasteiger charge is -1.99. The number of ketones is 1. The van der Waals surface area contributed by atoms with Gasteiger partial charge in [0.25, 0.3) is 0 Å². The van der Waals surface area contributed by atoms with Crippen LogP contribution >= 0.6 is 0 Å². The summed E-state index contributed by atoms with van der Waals surface area (Å²) in [6, 6.07) is 0. The molecule has 2 fully saturated rings. The van der Waals surface area contributed by atoms with Gasteiger partial charge in [-0.05, 0) is 44.4 Å². The van der Waals surface area contributed by atoms with Gasteiger partial charge in [0, 0.05) is 12.8 Å². The van der Waals surface area contributed by atoms with Crippen molar-refractivity contribution in [3.05, 3.63) is 0 Å². The summed E-state index contributed by atoms with van der Waals surface area (Å²) in [6.07, 6.45) is 5.48. The fourth-order valence-corrected chi connectivity index (χ4v) is 1.66. The number of hydrogen-bond acceptors (Lipinski definition) is 4. The van der Waals surface area contributed by atoms with Crippen LogP contribution in [0.25, 0.3) is 0 Å². The number of hydrogen-bond donors (Lipinski definition) is 1. The van der Waals surface area contributed by atoms with E-state index < -0.39 is 5.97 Å². The van der Waals surface area contributed by atoms with Gasteiger partial charge in [0.05, 0.1) is 6.61 Å². The van der Waals surface area contributed by atoms with Crippen LogP contribution in [0.5, 0.6) is 0 Å². The Labute approximate surface area is 113 Å². The van der Waals surface area contributed by atoms with Crippen LogP contribution in [-0.4, -0.2) is 29.4 Å². The quantitative estimate of drug-likeness (QED) is 0.566. The van der Waals surface area contributed by atoms with Crippen LogP contribution in [0.4, 0.5) is 0 Å². The molecule has 0 aromatic rings. The number of rotatable bonds is 7. The molecule has 0 aromatic heterocycles. The molecule has 0 atom stereocenters. The molecule has 0 radical (unpaired) electrons. The smallest absolute Gasteiger partial charge is 0.313 e. The molecule has 0 saturated heterocycles. The molecule has 5 nitrogen and oxygen atoms in total. The van der Waals surface area contributed by atoms with Gasteiger partial charge < -0.3 is 9.84 Å². The van der Waals surface area contributed by atoms with Crippen molar-refractivity contribution in [3.63, 3.8) is 0 Å². The molecule has 5 heteroatoms. The fourth-order valence-electron chi connectivity index (χ4n) is 1.66. The second-order valence-corrected chi connectivity index (χ2v) is 5.21. The summed E-state index contributed by atoms with van der Waals surface area (Å²) in [5.41, 5.74) is 0. The van der Waals surface area contributed by atoms with E-state index in [1.54, 1.807) is 6.92 Å². The summed E-state index contributed by atoms with van der Waals surface area (Å²) >= 11 is 0. The maximum atomic E-state index is 11.1. The van der Waals surface area contributed by atoms with Crippen LogP contribution in [0.3, 0.4) is 0 Å². The Balaban J connectivity index is 0.000000218. The van der Waals surface area contributed by atoms with Gasteiger partial charge in [-0.25, -0.2) is 0 Å². The van der Waals surface area contributed by atoms with Crippen LogP contribution < -0.4 is 0 Å². The Morgan fingerprint density at radius 2 is 1.58 bits per heavy atom. The first-order valence-corrected chi connectivity index (χ1v) is 6.90. The van der Waals surface area contributed by atoms with Gasteiger partial charge in [0.2, 0.25) is 0 Å². The third kappa shape index (κ3) is 9.22. The van der Waals surface area contributed by atoms with Gasteiger partial charge in [-0.3, -0.25) is 14.4 Å². The molecule has 0 unspecified atom stereocenters. The first kappa shape index (κ1) is 15.7. The number of carboxylic acid groups (broad SMARTS) is 1. The minimum absolute atomic E-state index is 0.0240. The van der Waals surface area contributed by atoms with E-state index in [4.69, 9.17) is 5.11 Å². The lowest BCUT2D eigenvalue weighted by Crippen LogP contribution is -2.11. The molecule has 0 aromatic carbocycles. The van der Waals surface area contributed by atoms with Gasteiger partial charge in [-0.15, -0.1) is 0 Å². The molecule has 2 saturated carbocycles. The number of carbonyl (C=O) groups is 3. The van der Waals surface area contributed by atoms with Crippen LogP contribution in [0.15, 0.2) is 0 Å². The molecule has 2 aliphatic rings. The molecule has 0 amide bonds. The summed E-state index contributed by atoms with van der Waals surface area (Å²) in [7, 11) is 0. The van der Waals surface area contributed by atoms with Gasteiger partial charge in [-0.1, -0.05) is 0 Å². The van der Waals surface area contributed by atoms with Gasteiger partial charge in [0.15, 0.2) is 0 Å². The van der Waals surface area contributed by atoms with E-state index in [2.05, 4.69) is 4.74 Å². The molecular weight excluding hydrogens is 248 g/mol. The fraction of sp³-hybridized carbons (Fsp3) is 0.786. The summed E-state index contributed by atoms with van der Waals surface area (Å²) in [4.78, 5) is 31.7. The highest BCUT2D eigenvalue weighted by molar-refractivity contribution is 5.95. The molecule has 108 valence electrons. The average molecular weight is 270 g/mol. The lowest BCUT2D eigenvalue weighted by atomic mass is 10.1. The van der Waals surface area contributed by atoms with Crippen molar-refractivity contribution in [2.24, 2.45) is 11.8 Å². The van der Waals surface area contributed by atoms with Crippen molar-refractivity contribution >= 4 is 17.7 Å². The molecule has 1 N–H and O–H groups in total. The third-order valence-electron chi connectivity index (χ3n) is 3.02. The van der Waals surface area contributed by atoms with Gasteiger partial charge >= 0.3 is 11.9 Å². The molecule has 0 bridgehead atoms. The highest BCUT2D eigenvalue weighted by Crippen LogP contribution is 2.33. The van der Waals surface area contributed by atoms with E-state index in [9.17, 15) is 14.4 Å². The molecule has 0 aliphatic heterocycles. The normalized spacial score (nSPS) is 17.1. The van der Waals surface area contributed by atoms with E-state index in [1.807, 2.05) is 0 Å². The minimum Gasteiger partial charge on any atom is -0.481 e. The summed E-state index contributed by atoms with van der Waals surface area (Å²) in [5, 5.41) is 8.12. The number of aliphatic carboxylic acids is 1. The molecule has 19 heavy (non-hydrogen) atoms. The Bertz CT molecular complexity index is 329. The largest absolute Gasteiger partial charge is 0.481 e. The van der Waals surface area contributed by atoms with Crippen LogP contribution in [0.1, 0.15) is 51.9 Å². The summed E-state index contributed by atoms with van der Waals surface area (Å²) in [5.74, 6) is 0.0750. The first-order valence-electron chi connectivity index (χ1n) is 6.90. The average Bonchev–Trinajstić information content (AvgIpc) is 3.14. The second-order valence-electron chi connectivity index (χ2n) is 5.21. The van der Waals surface area contributed by atoms with Crippen LogP contribution in [0, 0.1) is 11.8 Å². The number of carboxylic acids is 1. The van der Waals surface area contributed by atoms with Crippen molar-refractivity contribution in [1.82, 2.24) is 0 Å². The van der Waals surface area contributed by atoms with Crippen molar-refractivity contribution in [3.8, 4) is 0 Å². The predicted molar refractivity (Wildman–Crippen MR) is 68.6 cm³/mol. The van der Waals surface area contributed by atoms with Crippen molar-refractivity contribution in [1.29, 1.82) is 0 Å². The highest BCUT2D eigenvalue weighted by atomic mass is 16.5. The number of esters is 1. The Morgan fingerprint density at radius 1 is 1.05 bits per heavy atom. The Kier molecular flexibility index (Phi) is 6.53. The van der Waals surface area contributed by atoms with E-state index in [1.165, 1.54) is 0 Å². The molecule has 0 heterocycles. The zero-order chi connectivity index (χ0) is 14.3. The van der Waals surface area contributed by atoms with E-state index in [0.29, 0.717) is 31.3 Å². The Morgan fingerprint density at radius 3 is 1.95 bits per heavy atom. The predicted octanol–water partition coefficient (Wildman–Crippen LogP) is 2.18. The van der Waals surface area contributed by atoms with Gasteiger partial charge in [0.1, 0.15) is 12.2 Å². The summed E-state index contributed by atoms with van der Waals surface area (Å²) in [6.45, 7) is 2.10. The standard InChI is InChI=1S/C9H14O3.C5H8O2/c1-2-12-9(11)6-8(10)5-7-3-4-7;6-5(7)3-4-1-2-4/h7H,2-6H2,1H3;4H,1-3H2,(H,6,7). The Hall–Kier alpha value is -1.39. The SMILES string of the molecule is CCOC(=O)CC(=O)CC1CC1.O=C(O)CC1CC1. The van der Waals surface area contributed by atoms with Crippen molar-refractivity contribution < 1.29 is 24.2 Å². The zero-order valence-electron chi connectivity index (χ0n) is 11.4. The zero-order valence-corrected chi connectivity index (χ0v) is 11.4. The third-order valence-corrected chi connectivity index (χ3v) is 3.02. The van der Waals surface area contributed by atoms with Crippen LogP contribution in [-0.2, 0) is 19.1 Å². The lowest BCUT2D eigenvalue weighted by molar-refractivity contribution is -0.145. The summed E-state index contributed by atoms with van der Waals surface area (Å²) < 4.78 is 4.65. The maximum Gasteiger partial charge on any atom is 0.313 e. The highest BCUT2D eigenvalue weighted by Gasteiger charge is 2.25. The first-order chi connectivity index (χ1) is 9.01.